The van der Waals surface area contributed by atoms with E-state index >= 15 is 0 Å². The van der Waals surface area contributed by atoms with Gasteiger partial charge >= 0.3 is 0 Å². The second-order valence-corrected chi connectivity index (χ2v) is 9.78. The summed E-state index contributed by atoms with van der Waals surface area (Å²) in [5, 5.41) is 8.43. The van der Waals surface area contributed by atoms with Crippen LogP contribution >= 0.6 is 27.7 Å². The highest BCUT2D eigenvalue weighted by atomic mass is 79.9. The van der Waals surface area contributed by atoms with Crippen molar-refractivity contribution < 1.29 is 4.79 Å². The molecule has 9 heteroatoms. The highest BCUT2D eigenvalue weighted by Gasteiger charge is 2.29. The summed E-state index contributed by atoms with van der Waals surface area (Å²) in [6.45, 7) is 4.06. The second kappa shape index (κ2) is 8.22. The maximum absolute atomic E-state index is 13.3. The van der Waals surface area contributed by atoms with Crippen molar-refractivity contribution in [1.29, 1.82) is 0 Å². The predicted molar refractivity (Wildman–Crippen MR) is 130 cm³/mol. The summed E-state index contributed by atoms with van der Waals surface area (Å²) in [6.07, 6.45) is 1.77. The Bertz CT molecular complexity index is 1430. The van der Waals surface area contributed by atoms with Crippen molar-refractivity contribution in [2.45, 2.75) is 31.5 Å². The number of carbonyl (C=O) groups is 1. The highest BCUT2D eigenvalue weighted by molar-refractivity contribution is 9.10. The van der Waals surface area contributed by atoms with Gasteiger partial charge in [-0.05, 0) is 43.7 Å². The van der Waals surface area contributed by atoms with Crippen molar-refractivity contribution in [3.8, 4) is 5.69 Å². The third-order valence-corrected chi connectivity index (χ3v) is 7.07. The molecular weight excluding hydrogens is 490 g/mol. The summed E-state index contributed by atoms with van der Waals surface area (Å²) in [6, 6.07) is 13.3. The number of aromatic nitrogens is 4. The number of hydrogen-bond donors (Lipinski definition) is 1. The first-order valence-electron chi connectivity index (χ1n) is 10.2. The van der Waals surface area contributed by atoms with Gasteiger partial charge < -0.3 is 5.32 Å². The molecule has 0 fully saturated rings. The summed E-state index contributed by atoms with van der Waals surface area (Å²) in [4.78, 5) is 30.7. The Morgan fingerprint density at radius 3 is 2.88 bits per heavy atom. The maximum Gasteiger partial charge on any atom is 0.265 e. The number of anilines is 1. The first-order valence-corrected chi connectivity index (χ1v) is 11.9. The van der Waals surface area contributed by atoms with E-state index in [2.05, 4.69) is 32.4 Å². The second-order valence-electron chi connectivity index (χ2n) is 7.88. The number of nitrogens with one attached hydrogen (secondary N) is 1. The van der Waals surface area contributed by atoms with E-state index in [1.54, 1.807) is 15.4 Å². The van der Waals surface area contributed by atoms with Gasteiger partial charge in [-0.15, -0.1) is 0 Å². The van der Waals surface area contributed by atoms with E-state index in [-0.39, 0.29) is 23.9 Å². The van der Waals surface area contributed by atoms with Crippen molar-refractivity contribution >= 4 is 50.3 Å². The molecule has 32 heavy (non-hydrogen) atoms. The molecule has 0 spiro atoms. The van der Waals surface area contributed by atoms with Crippen molar-refractivity contribution in [2.75, 3.05) is 11.1 Å². The molecule has 1 unspecified atom stereocenters. The van der Waals surface area contributed by atoms with Crippen molar-refractivity contribution in [2.24, 2.45) is 0 Å². The Hall–Kier alpha value is -2.91. The van der Waals surface area contributed by atoms with Gasteiger partial charge in [-0.1, -0.05) is 51.5 Å². The third kappa shape index (κ3) is 3.75. The number of aryl methyl sites for hydroxylation is 2. The molecule has 1 N–H and O–H groups in total. The number of carbonyl (C=O) groups excluding carboxylic acids is 1. The summed E-state index contributed by atoms with van der Waals surface area (Å²) >= 11 is 4.90. The van der Waals surface area contributed by atoms with Crippen LogP contribution in [0.5, 0.6) is 0 Å². The summed E-state index contributed by atoms with van der Waals surface area (Å²) in [5.41, 5.74) is 4.22. The van der Waals surface area contributed by atoms with Gasteiger partial charge in [0.05, 0.1) is 17.9 Å². The van der Waals surface area contributed by atoms with Gasteiger partial charge in [0.25, 0.3) is 5.56 Å². The normalized spacial score (nSPS) is 15.2. The lowest BCUT2D eigenvalue weighted by Crippen LogP contribution is -2.27. The first kappa shape index (κ1) is 21.0. The minimum atomic E-state index is -0.254. The topological polar surface area (TPSA) is 81.8 Å². The van der Waals surface area contributed by atoms with E-state index in [4.69, 9.17) is 4.98 Å². The average molecular weight is 510 g/mol. The lowest BCUT2D eigenvalue weighted by molar-refractivity contribution is -0.116. The van der Waals surface area contributed by atoms with E-state index in [9.17, 15) is 9.59 Å². The molecule has 1 atom stereocenters. The Labute approximate surface area is 197 Å². The number of fused-ring (bicyclic) bond motifs is 2. The molecule has 0 saturated carbocycles. The number of rotatable bonds is 4. The highest BCUT2D eigenvalue weighted by Crippen LogP contribution is 2.34. The molecule has 4 aromatic rings. The molecule has 0 bridgehead atoms. The van der Waals surface area contributed by atoms with E-state index in [0.29, 0.717) is 27.6 Å². The molecule has 1 aliphatic heterocycles. The third-order valence-electron chi connectivity index (χ3n) is 5.48. The van der Waals surface area contributed by atoms with Crippen LogP contribution < -0.4 is 10.9 Å². The van der Waals surface area contributed by atoms with E-state index < -0.39 is 0 Å². The Morgan fingerprint density at radius 1 is 1.25 bits per heavy atom. The molecule has 162 valence electrons. The van der Waals surface area contributed by atoms with Crippen LogP contribution in [0.3, 0.4) is 0 Å². The van der Waals surface area contributed by atoms with Crippen LogP contribution in [0.15, 0.2) is 63.1 Å². The minimum Gasteiger partial charge on any atom is -0.326 e. The molecule has 2 aromatic heterocycles. The van der Waals surface area contributed by atoms with Crippen molar-refractivity contribution in [1.82, 2.24) is 19.3 Å². The molecule has 0 saturated heterocycles. The fraction of sp³-hybridized carbons (Fsp3) is 0.217. The largest absolute Gasteiger partial charge is 0.326 e. The Balaban J connectivity index is 1.46. The standard InChI is InChI=1S/C23H20BrN5O2S/c1-13-6-7-19(14(2)8-13)29-21-18(11-25-29)22(31)28-17(12-32-23(28)27-21)10-20(30)26-16-5-3-4-15(24)9-16/h3-9,11,17H,10,12H2,1-2H3,(H,26,30). The van der Waals surface area contributed by atoms with Gasteiger partial charge in [0.1, 0.15) is 5.39 Å². The number of nitrogens with zero attached hydrogens (tertiary/aromatic N) is 4. The molecule has 5 rings (SSSR count). The molecule has 0 radical (unpaired) electrons. The van der Waals surface area contributed by atoms with E-state index in [1.807, 2.05) is 50.2 Å². The predicted octanol–water partition coefficient (Wildman–Crippen LogP) is 4.64. The molecule has 0 aliphatic carbocycles. The lowest BCUT2D eigenvalue weighted by Gasteiger charge is -2.14. The monoisotopic (exact) mass is 509 g/mol. The van der Waals surface area contributed by atoms with Gasteiger partial charge in [0, 0.05) is 22.3 Å². The number of benzene rings is 2. The van der Waals surface area contributed by atoms with Crippen LogP contribution in [0.1, 0.15) is 23.6 Å². The van der Waals surface area contributed by atoms with Gasteiger partial charge in [-0.2, -0.15) is 5.10 Å². The molecule has 7 nitrogen and oxygen atoms in total. The van der Waals surface area contributed by atoms with Crippen LogP contribution in [0.25, 0.3) is 16.7 Å². The van der Waals surface area contributed by atoms with Gasteiger partial charge in [-0.25, -0.2) is 9.67 Å². The van der Waals surface area contributed by atoms with Crippen LogP contribution in [0.4, 0.5) is 5.69 Å². The zero-order chi connectivity index (χ0) is 22.4. The fourth-order valence-electron chi connectivity index (χ4n) is 3.99. The summed E-state index contributed by atoms with van der Waals surface area (Å²) in [5.74, 6) is 0.483. The van der Waals surface area contributed by atoms with Gasteiger partial charge in [0.15, 0.2) is 10.8 Å². The molecule has 1 aliphatic rings. The number of halogens is 1. The Morgan fingerprint density at radius 2 is 2.09 bits per heavy atom. The van der Waals surface area contributed by atoms with Crippen molar-refractivity contribution in [3.63, 3.8) is 0 Å². The maximum atomic E-state index is 13.3. The van der Waals surface area contributed by atoms with Crippen LogP contribution in [0.2, 0.25) is 0 Å². The fourth-order valence-corrected chi connectivity index (χ4v) is 5.52. The molecule has 1 amide bonds. The zero-order valence-electron chi connectivity index (χ0n) is 17.5. The van der Waals surface area contributed by atoms with Crippen molar-refractivity contribution in [3.05, 3.63) is 74.6 Å². The smallest absolute Gasteiger partial charge is 0.265 e. The SMILES string of the molecule is Cc1ccc(-n2ncc3c(=O)n4c(nc32)SCC4CC(=O)Nc2cccc(Br)c2)c(C)c1. The quantitative estimate of drug-likeness (QED) is 0.405. The minimum absolute atomic E-state index is 0.139. The molecule has 3 heterocycles. The van der Waals surface area contributed by atoms with Crippen LogP contribution in [0, 0.1) is 13.8 Å². The van der Waals surface area contributed by atoms with Crippen LogP contribution in [-0.4, -0.2) is 31.0 Å². The summed E-state index contributed by atoms with van der Waals surface area (Å²) < 4.78 is 4.25. The number of amides is 1. The van der Waals surface area contributed by atoms with Gasteiger partial charge in [-0.3, -0.25) is 14.2 Å². The molecule has 2 aromatic carbocycles. The van der Waals surface area contributed by atoms with Crippen LogP contribution in [-0.2, 0) is 4.79 Å². The van der Waals surface area contributed by atoms with E-state index in [0.717, 1.165) is 21.3 Å². The Kier molecular flexibility index (Phi) is 5.38. The molecular formula is C23H20BrN5O2S. The summed E-state index contributed by atoms with van der Waals surface area (Å²) in [7, 11) is 0. The number of hydrogen-bond acceptors (Lipinski definition) is 5. The zero-order valence-corrected chi connectivity index (χ0v) is 19.9. The lowest BCUT2D eigenvalue weighted by atomic mass is 10.1. The first-order chi connectivity index (χ1) is 15.4. The number of thioether (sulfide) groups is 1. The van der Waals surface area contributed by atoms with Gasteiger partial charge in [0.2, 0.25) is 5.91 Å². The van der Waals surface area contributed by atoms with E-state index in [1.165, 1.54) is 11.8 Å². The average Bonchev–Trinajstić information content (AvgIpc) is 3.33.